The zero-order chi connectivity index (χ0) is 12.3. The summed E-state index contributed by atoms with van der Waals surface area (Å²) in [5.41, 5.74) is 2.54. The normalized spacial score (nSPS) is 9.94. The monoisotopic (exact) mass is 226 g/mol. The molecule has 1 N–H and O–H groups in total. The van der Waals surface area contributed by atoms with Gasteiger partial charge in [-0.25, -0.2) is 4.98 Å². The summed E-state index contributed by atoms with van der Waals surface area (Å²) >= 11 is 0. The molecule has 1 heterocycles. The minimum absolute atomic E-state index is 0.613. The third-order valence-corrected chi connectivity index (χ3v) is 2.74. The number of hydrogen-bond acceptors (Lipinski definition) is 3. The van der Waals surface area contributed by atoms with Crippen LogP contribution in [0.4, 0.5) is 5.69 Å². The second-order valence-corrected chi connectivity index (χ2v) is 3.92. The second-order valence-electron chi connectivity index (χ2n) is 3.92. The number of rotatable bonds is 3. The Kier molecular flexibility index (Phi) is 3.10. The molecule has 0 saturated carbocycles. The van der Waals surface area contributed by atoms with E-state index in [0.717, 1.165) is 17.1 Å². The van der Waals surface area contributed by atoms with Gasteiger partial charge in [0, 0.05) is 19.4 Å². The van der Waals surface area contributed by atoms with Gasteiger partial charge in [0.2, 0.25) is 0 Å². The molecule has 1 aromatic heterocycles. The first-order chi connectivity index (χ1) is 8.22. The first-order valence-corrected chi connectivity index (χ1v) is 5.42. The van der Waals surface area contributed by atoms with Crippen LogP contribution in [-0.4, -0.2) is 9.55 Å². The number of hydrogen-bond donors (Lipinski definition) is 1. The minimum Gasteiger partial charge on any atom is -0.377 e. The van der Waals surface area contributed by atoms with Gasteiger partial charge in [0.1, 0.15) is 11.9 Å². The highest BCUT2D eigenvalue weighted by Crippen LogP contribution is 2.18. The molecule has 4 nitrogen and oxygen atoms in total. The van der Waals surface area contributed by atoms with Crippen LogP contribution in [-0.2, 0) is 13.6 Å². The molecule has 0 bridgehead atoms. The number of aryl methyl sites for hydroxylation is 2. The SMILES string of the molecule is Cc1cccc(NCc2nccn2C)c1C#N. The van der Waals surface area contributed by atoms with Crippen molar-refractivity contribution in [2.45, 2.75) is 13.5 Å². The van der Waals surface area contributed by atoms with E-state index in [0.29, 0.717) is 12.1 Å². The van der Waals surface area contributed by atoms with E-state index in [1.165, 1.54) is 0 Å². The largest absolute Gasteiger partial charge is 0.377 e. The van der Waals surface area contributed by atoms with Crippen LogP contribution in [0.5, 0.6) is 0 Å². The highest BCUT2D eigenvalue weighted by Gasteiger charge is 2.05. The van der Waals surface area contributed by atoms with Crippen LogP contribution in [0.25, 0.3) is 0 Å². The number of nitrogens with one attached hydrogen (secondary N) is 1. The van der Waals surface area contributed by atoms with Crippen molar-refractivity contribution in [2.24, 2.45) is 7.05 Å². The summed E-state index contributed by atoms with van der Waals surface area (Å²) in [5.74, 6) is 0.940. The van der Waals surface area contributed by atoms with E-state index in [1.54, 1.807) is 6.20 Å². The van der Waals surface area contributed by atoms with Crippen molar-refractivity contribution in [1.82, 2.24) is 9.55 Å². The molecule has 0 atom stereocenters. The Hall–Kier alpha value is -2.28. The van der Waals surface area contributed by atoms with E-state index in [4.69, 9.17) is 5.26 Å². The van der Waals surface area contributed by atoms with Crippen LogP contribution >= 0.6 is 0 Å². The maximum atomic E-state index is 9.10. The van der Waals surface area contributed by atoms with Crippen LogP contribution < -0.4 is 5.32 Å². The molecule has 86 valence electrons. The molecule has 0 fully saturated rings. The average Bonchev–Trinajstić information content (AvgIpc) is 2.72. The van der Waals surface area contributed by atoms with Crippen molar-refractivity contribution < 1.29 is 0 Å². The number of nitrogens with zero attached hydrogens (tertiary/aromatic N) is 3. The Bertz CT molecular complexity index is 563. The number of imidazole rings is 1. The topological polar surface area (TPSA) is 53.6 Å². The van der Waals surface area contributed by atoms with Crippen molar-refractivity contribution in [3.63, 3.8) is 0 Å². The standard InChI is InChI=1S/C13H14N4/c1-10-4-3-5-12(11(10)8-14)16-9-13-15-6-7-17(13)2/h3-7,16H,9H2,1-2H3. The first kappa shape index (κ1) is 11.2. The number of nitriles is 1. The van der Waals surface area contributed by atoms with Gasteiger partial charge in [0.25, 0.3) is 0 Å². The summed E-state index contributed by atoms with van der Waals surface area (Å²) in [6.45, 7) is 2.55. The zero-order valence-corrected chi connectivity index (χ0v) is 9.94. The Morgan fingerprint density at radius 2 is 2.29 bits per heavy atom. The van der Waals surface area contributed by atoms with Crippen LogP contribution in [0.2, 0.25) is 0 Å². The summed E-state index contributed by atoms with van der Waals surface area (Å²) in [5, 5.41) is 12.3. The summed E-state index contributed by atoms with van der Waals surface area (Å²) in [4.78, 5) is 4.23. The molecule has 2 rings (SSSR count). The molecule has 0 aliphatic carbocycles. The first-order valence-electron chi connectivity index (χ1n) is 5.42. The van der Waals surface area contributed by atoms with Gasteiger partial charge in [-0.05, 0) is 18.6 Å². The van der Waals surface area contributed by atoms with Crippen molar-refractivity contribution in [1.29, 1.82) is 5.26 Å². The molecule has 0 spiro atoms. The van der Waals surface area contributed by atoms with Crippen molar-refractivity contribution >= 4 is 5.69 Å². The van der Waals surface area contributed by atoms with E-state index < -0.39 is 0 Å². The Balaban J connectivity index is 2.18. The molecule has 0 unspecified atom stereocenters. The minimum atomic E-state index is 0.613. The fraction of sp³-hybridized carbons (Fsp3) is 0.231. The lowest BCUT2D eigenvalue weighted by Crippen LogP contribution is -2.07. The number of benzene rings is 1. The molecule has 0 aliphatic heterocycles. The summed E-state index contributed by atoms with van der Waals surface area (Å²) in [6, 6.07) is 8.01. The number of anilines is 1. The summed E-state index contributed by atoms with van der Waals surface area (Å²) < 4.78 is 1.95. The van der Waals surface area contributed by atoms with Gasteiger partial charge in [-0.15, -0.1) is 0 Å². The Morgan fingerprint density at radius 3 is 2.94 bits per heavy atom. The second kappa shape index (κ2) is 4.71. The lowest BCUT2D eigenvalue weighted by atomic mass is 10.1. The Labute approximate surface area is 101 Å². The molecule has 17 heavy (non-hydrogen) atoms. The molecule has 2 aromatic rings. The molecular formula is C13H14N4. The lowest BCUT2D eigenvalue weighted by Gasteiger charge is -2.09. The Morgan fingerprint density at radius 1 is 1.47 bits per heavy atom. The fourth-order valence-corrected chi connectivity index (χ4v) is 1.70. The van der Waals surface area contributed by atoms with Crippen LogP contribution in [0.1, 0.15) is 17.0 Å². The van der Waals surface area contributed by atoms with Crippen molar-refractivity contribution in [3.05, 3.63) is 47.5 Å². The molecule has 0 amide bonds. The van der Waals surface area contributed by atoms with Gasteiger partial charge >= 0.3 is 0 Å². The molecule has 4 heteroatoms. The van der Waals surface area contributed by atoms with Crippen molar-refractivity contribution in [3.8, 4) is 6.07 Å². The molecule has 0 aliphatic rings. The van der Waals surface area contributed by atoms with E-state index in [9.17, 15) is 0 Å². The fourth-order valence-electron chi connectivity index (χ4n) is 1.70. The number of aromatic nitrogens is 2. The molecular weight excluding hydrogens is 212 g/mol. The van der Waals surface area contributed by atoms with E-state index in [1.807, 2.05) is 42.9 Å². The lowest BCUT2D eigenvalue weighted by molar-refractivity contribution is 0.812. The van der Waals surface area contributed by atoms with Gasteiger partial charge in [0.05, 0.1) is 17.8 Å². The predicted molar refractivity (Wildman–Crippen MR) is 66.4 cm³/mol. The average molecular weight is 226 g/mol. The summed E-state index contributed by atoms with van der Waals surface area (Å²) in [6.07, 6.45) is 3.66. The highest BCUT2D eigenvalue weighted by atomic mass is 15.1. The van der Waals surface area contributed by atoms with Crippen molar-refractivity contribution in [2.75, 3.05) is 5.32 Å². The quantitative estimate of drug-likeness (QED) is 0.873. The van der Waals surface area contributed by atoms with Crippen LogP contribution in [0.15, 0.2) is 30.6 Å². The zero-order valence-electron chi connectivity index (χ0n) is 9.94. The van der Waals surface area contributed by atoms with E-state index in [2.05, 4.69) is 16.4 Å². The smallest absolute Gasteiger partial charge is 0.127 e. The highest BCUT2D eigenvalue weighted by molar-refractivity contribution is 5.60. The van der Waals surface area contributed by atoms with Crippen LogP contribution in [0, 0.1) is 18.3 Å². The van der Waals surface area contributed by atoms with E-state index in [-0.39, 0.29) is 0 Å². The van der Waals surface area contributed by atoms with Gasteiger partial charge in [0.15, 0.2) is 0 Å². The van der Waals surface area contributed by atoms with Gasteiger partial charge < -0.3 is 9.88 Å². The molecule has 0 radical (unpaired) electrons. The third kappa shape index (κ3) is 2.28. The van der Waals surface area contributed by atoms with Crippen LogP contribution in [0.3, 0.4) is 0 Å². The summed E-state index contributed by atoms with van der Waals surface area (Å²) in [7, 11) is 1.95. The molecule has 0 saturated heterocycles. The van der Waals surface area contributed by atoms with E-state index >= 15 is 0 Å². The van der Waals surface area contributed by atoms with Gasteiger partial charge in [-0.2, -0.15) is 5.26 Å². The van der Waals surface area contributed by atoms with Gasteiger partial charge in [-0.3, -0.25) is 0 Å². The maximum Gasteiger partial charge on any atom is 0.127 e. The predicted octanol–water partition coefficient (Wildman–Crippen LogP) is 2.21. The maximum absolute atomic E-state index is 9.10. The van der Waals surface area contributed by atoms with Gasteiger partial charge in [-0.1, -0.05) is 12.1 Å². The molecule has 1 aromatic carbocycles. The third-order valence-electron chi connectivity index (χ3n) is 2.74.